The number of hydrogen-bond acceptors (Lipinski definition) is 3. The lowest BCUT2D eigenvalue weighted by Gasteiger charge is -2.12. The number of hydrogen-bond donors (Lipinski definition) is 1. The van der Waals surface area contributed by atoms with Crippen molar-refractivity contribution in [3.63, 3.8) is 0 Å². The second-order valence-corrected chi connectivity index (χ2v) is 6.02. The Hall–Kier alpha value is -1.68. The lowest BCUT2D eigenvalue weighted by Crippen LogP contribution is -2.01. The van der Waals surface area contributed by atoms with Gasteiger partial charge in [0.1, 0.15) is 0 Å². The third-order valence-electron chi connectivity index (χ3n) is 3.42. The standard InChI is InChI=1S/C17H18BrNO2/c1-12-3-5-14(18)15(9-12)19-11-13-4-6-16-17(10-13)21-8-2-7-20-16/h3-6,9-10,19H,2,7-8,11H2,1H3. The van der Waals surface area contributed by atoms with Gasteiger partial charge in [0.25, 0.3) is 0 Å². The van der Waals surface area contributed by atoms with Crippen molar-refractivity contribution >= 4 is 21.6 Å². The van der Waals surface area contributed by atoms with Gasteiger partial charge in [-0.25, -0.2) is 0 Å². The second kappa shape index (κ2) is 6.39. The van der Waals surface area contributed by atoms with Crippen LogP contribution in [0.5, 0.6) is 11.5 Å². The van der Waals surface area contributed by atoms with E-state index in [1.165, 1.54) is 11.1 Å². The zero-order chi connectivity index (χ0) is 14.7. The molecule has 4 heteroatoms. The summed E-state index contributed by atoms with van der Waals surface area (Å²) in [5.41, 5.74) is 3.51. The van der Waals surface area contributed by atoms with Crippen LogP contribution in [0.2, 0.25) is 0 Å². The highest BCUT2D eigenvalue weighted by molar-refractivity contribution is 9.10. The number of rotatable bonds is 3. The fourth-order valence-corrected chi connectivity index (χ4v) is 2.68. The first-order valence-corrected chi connectivity index (χ1v) is 7.90. The molecule has 0 spiro atoms. The predicted molar refractivity (Wildman–Crippen MR) is 88.3 cm³/mol. The zero-order valence-corrected chi connectivity index (χ0v) is 13.6. The molecule has 0 amide bonds. The van der Waals surface area contributed by atoms with Gasteiger partial charge in [0.05, 0.1) is 13.2 Å². The van der Waals surface area contributed by atoms with E-state index in [9.17, 15) is 0 Å². The smallest absolute Gasteiger partial charge is 0.161 e. The largest absolute Gasteiger partial charge is 0.490 e. The molecule has 0 saturated carbocycles. The number of fused-ring (bicyclic) bond motifs is 1. The topological polar surface area (TPSA) is 30.5 Å². The number of halogens is 1. The molecule has 0 fully saturated rings. The summed E-state index contributed by atoms with van der Waals surface area (Å²) in [5.74, 6) is 1.68. The van der Waals surface area contributed by atoms with Gasteiger partial charge in [0.15, 0.2) is 11.5 Å². The highest BCUT2D eigenvalue weighted by Crippen LogP contribution is 2.31. The van der Waals surface area contributed by atoms with Gasteiger partial charge in [-0.3, -0.25) is 0 Å². The summed E-state index contributed by atoms with van der Waals surface area (Å²) in [4.78, 5) is 0. The van der Waals surface area contributed by atoms with Crippen LogP contribution in [-0.4, -0.2) is 13.2 Å². The maximum absolute atomic E-state index is 5.72. The number of ether oxygens (including phenoxy) is 2. The SMILES string of the molecule is Cc1ccc(Br)c(NCc2ccc3c(c2)OCCCO3)c1. The molecular formula is C17H18BrNO2. The minimum atomic E-state index is 0.716. The zero-order valence-electron chi connectivity index (χ0n) is 12.0. The molecule has 1 heterocycles. The lowest BCUT2D eigenvalue weighted by atomic mass is 10.2. The normalized spacial score (nSPS) is 13.6. The molecule has 1 N–H and O–H groups in total. The predicted octanol–water partition coefficient (Wildman–Crippen LogP) is 4.53. The average Bonchev–Trinajstić information content (AvgIpc) is 2.73. The Morgan fingerprint density at radius 3 is 2.71 bits per heavy atom. The summed E-state index contributed by atoms with van der Waals surface area (Å²) in [6.45, 7) is 4.28. The van der Waals surface area contributed by atoms with Crippen molar-refractivity contribution < 1.29 is 9.47 Å². The van der Waals surface area contributed by atoms with Gasteiger partial charge >= 0.3 is 0 Å². The first-order valence-electron chi connectivity index (χ1n) is 7.11. The van der Waals surface area contributed by atoms with E-state index >= 15 is 0 Å². The van der Waals surface area contributed by atoms with E-state index in [2.05, 4.69) is 58.5 Å². The minimum absolute atomic E-state index is 0.716. The molecule has 2 aromatic rings. The van der Waals surface area contributed by atoms with Gasteiger partial charge in [0, 0.05) is 23.1 Å². The number of aryl methyl sites for hydroxylation is 1. The van der Waals surface area contributed by atoms with Crippen molar-refractivity contribution in [3.05, 3.63) is 52.0 Å². The Labute approximate surface area is 133 Å². The van der Waals surface area contributed by atoms with Gasteiger partial charge in [-0.2, -0.15) is 0 Å². The Morgan fingerprint density at radius 1 is 1.05 bits per heavy atom. The van der Waals surface area contributed by atoms with Crippen LogP contribution in [0.25, 0.3) is 0 Å². The van der Waals surface area contributed by atoms with Crippen LogP contribution < -0.4 is 14.8 Å². The molecule has 110 valence electrons. The summed E-state index contributed by atoms with van der Waals surface area (Å²) in [7, 11) is 0. The van der Waals surface area contributed by atoms with Crippen LogP contribution in [0.1, 0.15) is 17.5 Å². The monoisotopic (exact) mass is 347 g/mol. The first-order chi connectivity index (χ1) is 10.2. The molecule has 2 aromatic carbocycles. The van der Waals surface area contributed by atoms with Crippen LogP contribution in [0.4, 0.5) is 5.69 Å². The number of anilines is 1. The van der Waals surface area contributed by atoms with Crippen LogP contribution in [0.3, 0.4) is 0 Å². The second-order valence-electron chi connectivity index (χ2n) is 5.17. The lowest BCUT2D eigenvalue weighted by molar-refractivity contribution is 0.297. The fourth-order valence-electron chi connectivity index (χ4n) is 2.29. The Morgan fingerprint density at radius 2 is 1.86 bits per heavy atom. The molecule has 0 saturated heterocycles. The molecule has 1 aliphatic heterocycles. The number of nitrogens with one attached hydrogen (secondary N) is 1. The van der Waals surface area contributed by atoms with Crippen LogP contribution in [0, 0.1) is 6.92 Å². The fraction of sp³-hybridized carbons (Fsp3) is 0.294. The van der Waals surface area contributed by atoms with E-state index in [1.807, 2.05) is 6.07 Å². The van der Waals surface area contributed by atoms with Gasteiger partial charge in [-0.1, -0.05) is 12.1 Å². The molecule has 0 unspecified atom stereocenters. The third kappa shape index (κ3) is 3.50. The Bertz CT molecular complexity index is 643. The molecule has 0 aliphatic carbocycles. The third-order valence-corrected chi connectivity index (χ3v) is 4.11. The highest BCUT2D eigenvalue weighted by Gasteiger charge is 2.10. The van der Waals surface area contributed by atoms with Crippen molar-refractivity contribution in [1.82, 2.24) is 0 Å². The summed E-state index contributed by atoms with van der Waals surface area (Å²) in [5, 5.41) is 3.45. The summed E-state index contributed by atoms with van der Waals surface area (Å²) in [6.07, 6.45) is 0.929. The molecule has 3 nitrogen and oxygen atoms in total. The van der Waals surface area contributed by atoms with Gasteiger partial charge in [-0.05, 0) is 58.2 Å². The summed E-state index contributed by atoms with van der Waals surface area (Å²) >= 11 is 3.57. The van der Waals surface area contributed by atoms with E-state index < -0.39 is 0 Å². The first kappa shape index (κ1) is 14.3. The van der Waals surface area contributed by atoms with E-state index in [-0.39, 0.29) is 0 Å². The summed E-state index contributed by atoms with van der Waals surface area (Å²) < 4.78 is 12.4. The highest BCUT2D eigenvalue weighted by atomic mass is 79.9. The van der Waals surface area contributed by atoms with Gasteiger partial charge < -0.3 is 14.8 Å². The van der Waals surface area contributed by atoms with Gasteiger partial charge in [0.2, 0.25) is 0 Å². The van der Waals surface area contributed by atoms with E-state index in [1.54, 1.807) is 0 Å². The van der Waals surface area contributed by atoms with Crippen molar-refractivity contribution in [2.24, 2.45) is 0 Å². The molecule has 1 aliphatic rings. The molecule has 0 aromatic heterocycles. The van der Waals surface area contributed by atoms with Crippen LogP contribution in [-0.2, 0) is 6.54 Å². The molecule has 0 radical (unpaired) electrons. The summed E-state index contributed by atoms with van der Waals surface area (Å²) in [6, 6.07) is 12.4. The van der Waals surface area contributed by atoms with E-state index in [4.69, 9.17) is 9.47 Å². The molecule has 21 heavy (non-hydrogen) atoms. The van der Waals surface area contributed by atoms with E-state index in [0.29, 0.717) is 6.61 Å². The van der Waals surface area contributed by atoms with Gasteiger partial charge in [-0.15, -0.1) is 0 Å². The molecule has 0 bridgehead atoms. The van der Waals surface area contributed by atoms with Crippen molar-refractivity contribution in [1.29, 1.82) is 0 Å². The Kier molecular flexibility index (Phi) is 4.34. The van der Waals surface area contributed by atoms with E-state index in [0.717, 1.165) is 41.2 Å². The maximum Gasteiger partial charge on any atom is 0.161 e. The maximum atomic E-state index is 5.72. The molecule has 3 rings (SSSR count). The Balaban J connectivity index is 1.73. The van der Waals surface area contributed by atoms with Crippen molar-refractivity contribution in [2.75, 3.05) is 18.5 Å². The van der Waals surface area contributed by atoms with Crippen molar-refractivity contribution in [3.8, 4) is 11.5 Å². The van der Waals surface area contributed by atoms with Crippen LogP contribution >= 0.6 is 15.9 Å². The average molecular weight is 348 g/mol. The molecule has 0 atom stereocenters. The number of benzene rings is 2. The van der Waals surface area contributed by atoms with Crippen molar-refractivity contribution in [2.45, 2.75) is 19.9 Å². The van der Waals surface area contributed by atoms with Crippen LogP contribution in [0.15, 0.2) is 40.9 Å². The quantitative estimate of drug-likeness (QED) is 0.884. The minimum Gasteiger partial charge on any atom is -0.490 e. The molecular weight excluding hydrogens is 330 g/mol.